The van der Waals surface area contributed by atoms with Crippen LogP contribution in [-0.2, 0) is 4.84 Å². The molecule has 0 saturated carbocycles. The molecule has 0 aromatic carbocycles. The number of hydrogen-bond donors (Lipinski definition) is 0. The van der Waals surface area contributed by atoms with Crippen LogP contribution in [0, 0.1) is 17.8 Å². The summed E-state index contributed by atoms with van der Waals surface area (Å²) >= 11 is 0. The predicted molar refractivity (Wildman–Crippen MR) is 62.7 cm³/mol. The van der Waals surface area contributed by atoms with Gasteiger partial charge in [-0.2, -0.15) is 0 Å². The number of rotatable bonds is 2. The van der Waals surface area contributed by atoms with Gasteiger partial charge in [0.2, 0.25) is 0 Å². The van der Waals surface area contributed by atoms with Gasteiger partial charge < -0.3 is 4.84 Å². The van der Waals surface area contributed by atoms with E-state index in [0.29, 0.717) is 17.8 Å². The van der Waals surface area contributed by atoms with Gasteiger partial charge in [-0.25, -0.2) is 0 Å². The number of nitrogens with zero attached hydrogens (tertiary/aromatic N) is 1. The minimum Gasteiger partial charge on any atom is -0.387 e. The van der Waals surface area contributed by atoms with E-state index in [9.17, 15) is 0 Å². The predicted octanol–water partition coefficient (Wildman–Crippen LogP) is 3.17. The Morgan fingerprint density at radius 3 is 2.53 bits per heavy atom. The van der Waals surface area contributed by atoms with E-state index >= 15 is 0 Å². The highest BCUT2D eigenvalue weighted by Gasteiger charge is 2.34. The maximum Gasteiger partial charge on any atom is 0.160 e. The van der Waals surface area contributed by atoms with E-state index in [0.717, 1.165) is 0 Å². The number of allylic oxidation sites excluding steroid dienone is 2. The Hall–Kier alpha value is -1.05. The molecule has 1 heterocycles. The summed E-state index contributed by atoms with van der Waals surface area (Å²) in [4.78, 5) is 5.47. The SMILES string of the molecule is CC(C)C1=C(C(C)C)C2ON=CC2C=C1. The van der Waals surface area contributed by atoms with E-state index in [4.69, 9.17) is 4.84 Å². The Morgan fingerprint density at radius 2 is 1.93 bits per heavy atom. The van der Waals surface area contributed by atoms with E-state index < -0.39 is 0 Å². The molecule has 0 amide bonds. The smallest absolute Gasteiger partial charge is 0.160 e. The zero-order valence-corrected chi connectivity index (χ0v) is 9.90. The molecule has 1 aliphatic carbocycles. The van der Waals surface area contributed by atoms with E-state index in [-0.39, 0.29) is 6.10 Å². The van der Waals surface area contributed by atoms with Gasteiger partial charge in [-0.15, -0.1) is 0 Å². The van der Waals surface area contributed by atoms with Crippen LogP contribution in [0.1, 0.15) is 27.7 Å². The fourth-order valence-electron chi connectivity index (χ4n) is 2.40. The van der Waals surface area contributed by atoms with Crippen LogP contribution in [0.4, 0.5) is 0 Å². The minimum absolute atomic E-state index is 0.160. The summed E-state index contributed by atoms with van der Waals surface area (Å²) in [5.74, 6) is 1.44. The number of hydrogen-bond acceptors (Lipinski definition) is 2. The normalized spacial score (nSPS) is 28.9. The molecule has 0 spiro atoms. The Morgan fingerprint density at radius 1 is 1.20 bits per heavy atom. The Bertz CT molecular complexity index is 336. The highest BCUT2D eigenvalue weighted by atomic mass is 16.6. The third-order valence-corrected chi connectivity index (χ3v) is 3.14. The third kappa shape index (κ3) is 1.73. The molecule has 15 heavy (non-hydrogen) atoms. The molecule has 0 fully saturated rings. The highest BCUT2D eigenvalue weighted by molar-refractivity contribution is 5.68. The quantitative estimate of drug-likeness (QED) is 0.678. The summed E-state index contributed by atoms with van der Waals surface area (Å²) in [5, 5.41) is 3.94. The molecule has 2 heteroatoms. The van der Waals surface area contributed by atoms with Gasteiger partial charge in [-0.1, -0.05) is 45.0 Å². The molecular weight excluding hydrogens is 186 g/mol. The first-order valence-electron chi connectivity index (χ1n) is 5.72. The Balaban J connectivity index is 2.39. The summed E-state index contributed by atoms with van der Waals surface area (Å²) in [6.45, 7) is 8.93. The lowest BCUT2D eigenvalue weighted by Gasteiger charge is -2.28. The largest absolute Gasteiger partial charge is 0.387 e. The molecule has 0 saturated heterocycles. The highest BCUT2D eigenvalue weighted by Crippen LogP contribution is 2.36. The molecule has 2 atom stereocenters. The van der Waals surface area contributed by atoms with E-state index in [2.05, 4.69) is 45.0 Å². The minimum atomic E-state index is 0.160. The lowest BCUT2D eigenvalue weighted by atomic mass is 9.79. The van der Waals surface area contributed by atoms with Crippen molar-refractivity contribution in [3.63, 3.8) is 0 Å². The molecule has 0 radical (unpaired) electrons. The first kappa shape index (κ1) is 10.5. The molecule has 82 valence electrons. The molecule has 0 bridgehead atoms. The van der Waals surface area contributed by atoms with E-state index in [1.165, 1.54) is 11.1 Å². The summed E-state index contributed by atoms with van der Waals surface area (Å²) in [6.07, 6.45) is 6.53. The van der Waals surface area contributed by atoms with Crippen molar-refractivity contribution in [1.29, 1.82) is 0 Å². The molecule has 2 aliphatic rings. The van der Waals surface area contributed by atoms with Crippen molar-refractivity contribution in [1.82, 2.24) is 0 Å². The van der Waals surface area contributed by atoms with Gasteiger partial charge >= 0.3 is 0 Å². The van der Waals surface area contributed by atoms with Crippen molar-refractivity contribution in [2.45, 2.75) is 33.8 Å². The summed E-state index contributed by atoms with van der Waals surface area (Å²) in [7, 11) is 0. The Kier molecular flexibility index (Phi) is 2.68. The van der Waals surface area contributed by atoms with Gasteiger partial charge in [0.1, 0.15) is 0 Å². The van der Waals surface area contributed by atoms with Crippen LogP contribution in [0.15, 0.2) is 28.5 Å². The summed E-state index contributed by atoms with van der Waals surface area (Å²) in [5.41, 5.74) is 2.85. The molecule has 2 nitrogen and oxygen atoms in total. The van der Waals surface area contributed by atoms with Crippen molar-refractivity contribution in [3.05, 3.63) is 23.3 Å². The number of fused-ring (bicyclic) bond motifs is 1. The van der Waals surface area contributed by atoms with Crippen LogP contribution in [-0.4, -0.2) is 12.3 Å². The van der Waals surface area contributed by atoms with Crippen LogP contribution in [0.3, 0.4) is 0 Å². The van der Waals surface area contributed by atoms with Crippen LogP contribution < -0.4 is 0 Å². The first-order valence-corrected chi connectivity index (χ1v) is 5.72. The first-order chi connectivity index (χ1) is 7.11. The van der Waals surface area contributed by atoms with Crippen LogP contribution in [0.2, 0.25) is 0 Å². The molecule has 0 aromatic rings. The second-order valence-electron chi connectivity index (χ2n) is 4.94. The second-order valence-corrected chi connectivity index (χ2v) is 4.94. The van der Waals surface area contributed by atoms with Gasteiger partial charge in [0.25, 0.3) is 0 Å². The maximum atomic E-state index is 5.47. The topological polar surface area (TPSA) is 21.6 Å². The van der Waals surface area contributed by atoms with Crippen molar-refractivity contribution < 1.29 is 4.84 Å². The van der Waals surface area contributed by atoms with E-state index in [1.807, 2.05) is 6.21 Å². The zero-order valence-electron chi connectivity index (χ0n) is 9.90. The van der Waals surface area contributed by atoms with Gasteiger partial charge in [-0.3, -0.25) is 0 Å². The second kappa shape index (κ2) is 3.84. The third-order valence-electron chi connectivity index (χ3n) is 3.14. The maximum absolute atomic E-state index is 5.47. The zero-order chi connectivity index (χ0) is 11.0. The lowest BCUT2D eigenvalue weighted by Crippen LogP contribution is -2.27. The van der Waals surface area contributed by atoms with Crippen LogP contribution in [0.25, 0.3) is 0 Å². The monoisotopic (exact) mass is 205 g/mol. The van der Waals surface area contributed by atoms with Crippen molar-refractivity contribution in [2.24, 2.45) is 22.9 Å². The molecular formula is C13H19NO. The molecule has 0 aromatic heterocycles. The Labute approximate surface area is 91.7 Å². The fourth-order valence-corrected chi connectivity index (χ4v) is 2.40. The van der Waals surface area contributed by atoms with Crippen LogP contribution in [0.5, 0.6) is 0 Å². The van der Waals surface area contributed by atoms with Gasteiger partial charge in [-0.05, 0) is 23.0 Å². The summed E-state index contributed by atoms with van der Waals surface area (Å²) in [6, 6.07) is 0. The van der Waals surface area contributed by atoms with Gasteiger partial charge in [0, 0.05) is 0 Å². The van der Waals surface area contributed by atoms with Gasteiger partial charge in [0.05, 0.1) is 12.1 Å². The van der Waals surface area contributed by atoms with Crippen molar-refractivity contribution in [3.8, 4) is 0 Å². The molecule has 0 N–H and O–H groups in total. The molecule has 1 aliphatic heterocycles. The molecule has 2 rings (SSSR count). The van der Waals surface area contributed by atoms with Gasteiger partial charge in [0.15, 0.2) is 6.10 Å². The number of oxime groups is 1. The van der Waals surface area contributed by atoms with Crippen molar-refractivity contribution >= 4 is 6.21 Å². The van der Waals surface area contributed by atoms with Crippen molar-refractivity contribution in [2.75, 3.05) is 0 Å². The lowest BCUT2D eigenvalue weighted by molar-refractivity contribution is 0.0886. The van der Waals surface area contributed by atoms with E-state index in [1.54, 1.807) is 0 Å². The van der Waals surface area contributed by atoms with Crippen LogP contribution >= 0.6 is 0 Å². The average molecular weight is 205 g/mol. The molecule has 2 unspecified atom stereocenters. The average Bonchev–Trinajstić information content (AvgIpc) is 2.62. The fraction of sp³-hybridized carbons (Fsp3) is 0.615. The summed E-state index contributed by atoms with van der Waals surface area (Å²) < 4.78 is 0. The standard InChI is InChI=1S/C13H19NO/c1-8(2)11-6-5-10-7-14-15-13(10)12(11)9(3)4/h5-10,13H,1-4H3.